The third-order valence-electron chi connectivity index (χ3n) is 2.85. The number of aromatic nitrogens is 3. The van der Waals surface area contributed by atoms with Crippen molar-refractivity contribution in [3.63, 3.8) is 0 Å². The standard InChI is InChI=1S/C14H9Cl2N3O2S/c1-21-14(20)12-17-13(11-3-2-6-22-11)19(18-12)10-5-4-8(15)7-9(10)16/h2-7H,1H3. The first-order valence-corrected chi connectivity index (χ1v) is 7.78. The minimum absolute atomic E-state index is 0.0306. The molecule has 3 rings (SSSR count). The van der Waals surface area contributed by atoms with Crippen LogP contribution in [0.15, 0.2) is 35.7 Å². The van der Waals surface area contributed by atoms with E-state index < -0.39 is 5.97 Å². The van der Waals surface area contributed by atoms with Gasteiger partial charge in [-0.2, -0.15) is 4.98 Å². The number of rotatable bonds is 3. The summed E-state index contributed by atoms with van der Waals surface area (Å²) in [6, 6.07) is 8.80. The molecule has 0 amide bonds. The molecule has 22 heavy (non-hydrogen) atoms. The number of methoxy groups -OCH3 is 1. The Morgan fingerprint density at radius 3 is 2.77 bits per heavy atom. The second kappa shape index (κ2) is 6.08. The van der Waals surface area contributed by atoms with Gasteiger partial charge < -0.3 is 4.74 Å². The molecule has 0 atom stereocenters. The maximum Gasteiger partial charge on any atom is 0.377 e. The molecule has 0 aliphatic heterocycles. The van der Waals surface area contributed by atoms with E-state index in [-0.39, 0.29) is 5.82 Å². The van der Waals surface area contributed by atoms with Gasteiger partial charge in [0.05, 0.1) is 22.7 Å². The van der Waals surface area contributed by atoms with E-state index in [4.69, 9.17) is 23.2 Å². The van der Waals surface area contributed by atoms with Gasteiger partial charge in [-0.1, -0.05) is 29.3 Å². The highest BCUT2D eigenvalue weighted by Crippen LogP contribution is 2.30. The molecule has 0 saturated carbocycles. The lowest BCUT2D eigenvalue weighted by Crippen LogP contribution is -2.05. The maximum absolute atomic E-state index is 11.7. The fourth-order valence-corrected chi connectivity index (χ4v) is 3.06. The lowest BCUT2D eigenvalue weighted by molar-refractivity contribution is 0.0587. The van der Waals surface area contributed by atoms with Gasteiger partial charge in [0.25, 0.3) is 5.82 Å². The van der Waals surface area contributed by atoms with Gasteiger partial charge in [0.1, 0.15) is 0 Å². The Morgan fingerprint density at radius 1 is 1.32 bits per heavy atom. The van der Waals surface area contributed by atoms with E-state index in [0.717, 1.165) is 4.88 Å². The van der Waals surface area contributed by atoms with Crippen LogP contribution < -0.4 is 0 Å². The zero-order valence-corrected chi connectivity index (χ0v) is 13.6. The summed E-state index contributed by atoms with van der Waals surface area (Å²) in [5, 5.41) is 7.04. The molecule has 1 aromatic carbocycles. The zero-order valence-electron chi connectivity index (χ0n) is 11.3. The third kappa shape index (κ3) is 2.72. The Hall–Kier alpha value is -1.89. The van der Waals surface area contributed by atoms with Crippen molar-refractivity contribution in [1.82, 2.24) is 14.8 Å². The van der Waals surface area contributed by atoms with Crippen molar-refractivity contribution in [3.05, 3.63) is 51.6 Å². The second-order valence-electron chi connectivity index (χ2n) is 4.24. The van der Waals surface area contributed by atoms with Gasteiger partial charge >= 0.3 is 5.97 Å². The minimum atomic E-state index is -0.610. The first-order chi connectivity index (χ1) is 10.6. The summed E-state index contributed by atoms with van der Waals surface area (Å²) in [5.41, 5.74) is 0.581. The molecule has 0 radical (unpaired) electrons. The van der Waals surface area contributed by atoms with Crippen LogP contribution in [-0.2, 0) is 4.74 Å². The molecule has 0 unspecified atom stereocenters. The predicted molar refractivity (Wildman–Crippen MR) is 86.0 cm³/mol. The largest absolute Gasteiger partial charge is 0.463 e. The summed E-state index contributed by atoms with van der Waals surface area (Å²) in [4.78, 5) is 16.8. The van der Waals surface area contributed by atoms with Gasteiger partial charge in [0.15, 0.2) is 5.82 Å². The highest BCUT2D eigenvalue weighted by Gasteiger charge is 2.20. The SMILES string of the molecule is COC(=O)c1nc(-c2cccs2)n(-c2ccc(Cl)cc2Cl)n1. The van der Waals surface area contributed by atoms with E-state index in [0.29, 0.717) is 21.6 Å². The van der Waals surface area contributed by atoms with Crippen LogP contribution >= 0.6 is 34.5 Å². The van der Waals surface area contributed by atoms with Crippen LogP contribution in [0.2, 0.25) is 10.0 Å². The van der Waals surface area contributed by atoms with E-state index >= 15 is 0 Å². The summed E-state index contributed by atoms with van der Waals surface area (Å²) in [5.74, 6) is -0.127. The minimum Gasteiger partial charge on any atom is -0.463 e. The monoisotopic (exact) mass is 353 g/mol. The number of hydrogen-bond acceptors (Lipinski definition) is 5. The molecule has 0 N–H and O–H groups in total. The van der Waals surface area contributed by atoms with Crippen molar-refractivity contribution >= 4 is 40.5 Å². The number of carbonyl (C=O) groups is 1. The number of benzene rings is 1. The van der Waals surface area contributed by atoms with Crippen molar-refractivity contribution in [1.29, 1.82) is 0 Å². The lowest BCUT2D eigenvalue weighted by Gasteiger charge is -2.06. The molecule has 0 spiro atoms. The fraction of sp³-hybridized carbons (Fsp3) is 0.0714. The van der Waals surface area contributed by atoms with Crippen molar-refractivity contribution in [2.24, 2.45) is 0 Å². The number of nitrogens with zero attached hydrogens (tertiary/aromatic N) is 3. The number of carbonyl (C=O) groups excluding carboxylic acids is 1. The molecule has 2 aromatic heterocycles. The van der Waals surface area contributed by atoms with E-state index in [9.17, 15) is 4.79 Å². The highest BCUT2D eigenvalue weighted by molar-refractivity contribution is 7.13. The zero-order chi connectivity index (χ0) is 15.7. The summed E-state index contributed by atoms with van der Waals surface area (Å²) in [6.45, 7) is 0. The number of esters is 1. The Bertz CT molecular complexity index is 831. The molecule has 8 heteroatoms. The topological polar surface area (TPSA) is 57.0 Å². The van der Waals surface area contributed by atoms with Crippen molar-refractivity contribution in [3.8, 4) is 16.4 Å². The lowest BCUT2D eigenvalue weighted by atomic mass is 10.3. The van der Waals surface area contributed by atoms with Crippen LogP contribution in [0.5, 0.6) is 0 Å². The van der Waals surface area contributed by atoms with Crippen molar-refractivity contribution < 1.29 is 9.53 Å². The molecule has 0 aliphatic rings. The van der Waals surface area contributed by atoms with Crippen LogP contribution in [0.4, 0.5) is 0 Å². The molecule has 0 aliphatic carbocycles. The normalized spacial score (nSPS) is 10.7. The molecule has 2 heterocycles. The summed E-state index contributed by atoms with van der Waals surface area (Å²) < 4.78 is 6.19. The van der Waals surface area contributed by atoms with Gasteiger partial charge in [-0.3, -0.25) is 0 Å². The molecule has 0 bridgehead atoms. The average Bonchev–Trinajstić information content (AvgIpc) is 3.15. The molecular weight excluding hydrogens is 345 g/mol. The molecule has 5 nitrogen and oxygen atoms in total. The Kier molecular flexibility index (Phi) is 4.15. The molecule has 3 aromatic rings. The predicted octanol–water partition coefficient (Wildman–Crippen LogP) is 4.09. The quantitative estimate of drug-likeness (QED) is 0.665. The Balaban J connectivity index is 2.21. The molecular formula is C14H9Cl2N3O2S. The first-order valence-electron chi connectivity index (χ1n) is 6.15. The van der Waals surface area contributed by atoms with E-state index in [1.165, 1.54) is 23.1 Å². The highest BCUT2D eigenvalue weighted by atomic mass is 35.5. The van der Waals surface area contributed by atoms with Gasteiger partial charge in [-0.05, 0) is 29.6 Å². The second-order valence-corrected chi connectivity index (χ2v) is 6.03. The van der Waals surface area contributed by atoms with E-state index in [2.05, 4.69) is 14.8 Å². The summed E-state index contributed by atoms with van der Waals surface area (Å²) in [6.07, 6.45) is 0. The van der Waals surface area contributed by atoms with Crippen LogP contribution in [0.25, 0.3) is 16.4 Å². The van der Waals surface area contributed by atoms with Crippen molar-refractivity contribution in [2.75, 3.05) is 7.11 Å². The number of halogens is 2. The number of ether oxygens (including phenoxy) is 1. The average molecular weight is 354 g/mol. The summed E-state index contributed by atoms with van der Waals surface area (Å²) >= 11 is 13.6. The van der Waals surface area contributed by atoms with Gasteiger partial charge in [0.2, 0.25) is 0 Å². The molecule has 0 saturated heterocycles. The van der Waals surface area contributed by atoms with Gasteiger partial charge in [0, 0.05) is 5.02 Å². The molecule has 112 valence electrons. The van der Waals surface area contributed by atoms with Crippen molar-refractivity contribution in [2.45, 2.75) is 0 Å². The Morgan fingerprint density at radius 2 is 2.14 bits per heavy atom. The van der Waals surface area contributed by atoms with Gasteiger partial charge in [-0.15, -0.1) is 16.4 Å². The van der Waals surface area contributed by atoms with Crippen LogP contribution in [-0.4, -0.2) is 27.8 Å². The van der Waals surface area contributed by atoms with Crippen LogP contribution in [0.3, 0.4) is 0 Å². The number of thiophene rings is 1. The van der Waals surface area contributed by atoms with Crippen LogP contribution in [0.1, 0.15) is 10.6 Å². The maximum atomic E-state index is 11.7. The smallest absolute Gasteiger partial charge is 0.377 e. The van der Waals surface area contributed by atoms with E-state index in [1.54, 1.807) is 18.2 Å². The van der Waals surface area contributed by atoms with Gasteiger partial charge in [-0.25, -0.2) is 9.48 Å². The first kappa shape index (κ1) is 15.0. The summed E-state index contributed by atoms with van der Waals surface area (Å²) in [7, 11) is 1.28. The fourth-order valence-electron chi connectivity index (χ4n) is 1.88. The molecule has 0 fully saturated rings. The third-order valence-corrected chi connectivity index (χ3v) is 4.26. The number of hydrogen-bond donors (Lipinski definition) is 0. The Labute approximate surface area is 140 Å². The van der Waals surface area contributed by atoms with Crippen LogP contribution in [0, 0.1) is 0 Å². The van der Waals surface area contributed by atoms with E-state index in [1.807, 2.05) is 17.5 Å².